The third-order valence-electron chi connectivity index (χ3n) is 4.00. The molecule has 1 rings (SSSR count). The minimum Gasteiger partial charge on any atom is -0.491 e. The Balaban J connectivity index is 2.77. The summed E-state index contributed by atoms with van der Waals surface area (Å²) in [5.74, 6) is 0.841. The van der Waals surface area contributed by atoms with Crippen molar-refractivity contribution in [2.24, 2.45) is 11.1 Å². The number of hydrogen-bond donors (Lipinski definition) is 2. The van der Waals surface area contributed by atoms with Crippen molar-refractivity contribution in [1.29, 1.82) is 0 Å². The molecule has 21 heavy (non-hydrogen) atoms. The SMILES string of the molecule is CCC(CC)(CN)C(=O)NCc1ccccc1OC(C)C. The number of carbonyl (C=O) groups is 1. The first-order chi connectivity index (χ1) is 9.99. The van der Waals surface area contributed by atoms with E-state index < -0.39 is 5.41 Å². The Morgan fingerprint density at radius 2 is 1.90 bits per heavy atom. The van der Waals surface area contributed by atoms with Crippen LogP contribution >= 0.6 is 0 Å². The molecule has 0 radical (unpaired) electrons. The molecule has 0 unspecified atom stereocenters. The third-order valence-corrected chi connectivity index (χ3v) is 4.00. The monoisotopic (exact) mass is 292 g/mol. The lowest BCUT2D eigenvalue weighted by Gasteiger charge is -2.28. The highest BCUT2D eigenvalue weighted by atomic mass is 16.5. The van der Waals surface area contributed by atoms with Crippen molar-refractivity contribution < 1.29 is 9.53 Å². The van der Waals surface area contributed by atoms with Crippen LogP contribution in [0.2, 0.25) is 0 Å². The predicted octanol–water partition coefficient (Wildman–Crippen LogP) is 2.86. The Labute approximate surface area is 128 Å². The Bertz CT molecular complexity index is 446. The van der Waals surface area contributed by atoms with Crippen LogP contribution in [0.25, 0.3) is 0 Å². The van der Waals surface area contributed by atoms with Crippen molar-refractivity contribution in [1.82, 2.24) is 5.32 Å². The first-order valence-corrected chi connectivity index (χ1v) is 7.72. The lowest BCUT2D eigenvalue weighted by molar-refractivity contribution is -0.131. The third kappa shape index (κ3) is 4.46. The van der Waals surface area contributed by atoms with Gasteiger partial charge in [-0.1, -0.05) is 32.0 Å². The number of rotatable bonds is 8. The lowest BCUT2D eigenvalue weighted by atomic mass is 9.81. The lowest BCUT2D eigenvalue weighted by Crippen LogP contribution is -2.45. The fourth-order valence-electron chi connectivity index (χ4n) is 2.33. The van der Waals surface area contributed by atoms with E-state index in [1.807, 2.05) is 52.0 Å². The maximum atomic E-state index is 12.4. The summed E-state index contributed by atoms with van der Waals surface area (Å²) in [6.07, 6.45) is 1.60. The maximum absolute atomic E-state index is 12.4. The van der Waals surface area contributed by atoms with Gasteiger partial charge in [0.2, 0.25) is 5.91 Å². The van der Waals surface area contributed by atoms with E-state index in [9.17, 15) is 4.79 Å². The van der Waals surface area contributed by atoms with Crippen LogP contribution in [0.4, 0.5) is 0 Å². The highest BCUT2D eigenvalue weighted by Crippen LogP contribution is 2.26. The molecule has 3 N–H and O–H groups in total. The van der Waals surface area contributed by atoms with Crippen molar-refractivity contribution in [2.45, 2.75) is 53.2 Å². The topological polar surface area (TPSA) is 64.4 Å². The minimum absolute atomic E-state index is 0.0225. The molecule has 4 heteroatoms. The molecule has 0 saturated carbocycles. The zero-order valence-corrected chi connectivity index (χ0v) is 13.6. The van der Waals surface area contributed by atoms with Crippen LogP contribution < -0.4 is 15.8 Å². The number of ether oxygens (including phenoxy) is 1. The van der Waals surface area contributed by atoms with E-state index in [2.05, 4.69) is 5.32 Å². The fraction of sp³-hybridized carbons (Fsp3) is 0.588. The minimum atomic E-state index is -0.464. The van der Waals surface area contributed by atoms with Crippen molar-refractivity contribution in [3.63, 3.8) is 0 Å². The van der Waals surface area contributed by atoms with Gasteiger partial charge in [-0.25, -0.2) is 0 Å². The molecule has 1 aromatic rings. The smallest absolute Gasteiger partial charge is 0.227 e. The standard InChI is InChI=1S/C17H28N2O2/c1-5-17(6-2,12-18)16(20)19-11-14-9-7-8-10-15(14)21-13(3)4/h7-10,13H,5-6,11-12,18H2,1-4H3,(H,19,20). The summed E-state index contributed by atoms with van der Waals surface area (Å²) in [7, 11) is 0. The van der Waals surface area contributed by atoms with Crippen LogP contribution in [0.15, 0.2) is 24.3 Å². The molecule has 0 heterocycles. The van der Waals surface area contributed by atoms with Crippen molar-refractivity contribution >= 4 is 5.91 Å². The van der Waals surface area contributed by atoms with Crippen LogP contribution in [0.5, 0.6) is 5.75 Å². The Morgan fingerprint density at radius 1 is 1.29 bits per heavy atom. The van der Waals surface area contributed by atoms with Crippen molar-refractivity contribution in [3.8, 4) is 5.75 Å². The number of hydrogen-bond acceptors (Lipinski definition) is 3. The average Bonchev–Trinajstić information content (AvgIpc) is 2.48. The first-order valence-electron chi connectivity index (χ1n) is 7.72. The first kappa shape index (κ1) is 17.5. The molecule has 0 aliphatic rings. The number of amides is 1. The van der Waals surface area contributed by atoms with Crippen molar-refractivity contribution in [2.75, 3.05) is 6.54 Å². The molecule has 0 fully saturated rings. The van der Waals surface area contributed by atoms with Gasteiger partial charge in [0.25, 0.3) is 0 Å². The fourth-order valence-corrected chi connectivity index (χ4v) is 2.33. The molecule has 4 nitrogen and oxygen atoms in total. The van der Waals surface area contributed by atoms with Gasteiger partial charge >= 0.3 is 0 Å². The van der Waals surface area contributed by atoms with E-state index >= 15 is 0 Å². The van der Waals surface area contributed by atoms with Gasteiger partial charge in [0.15, 0.2) is 0 Å². The van der Waals surface area contributed by atoms with E-state index in [1.54, 1.807) is 0 Å². The van der Waals surface area contributed by atoms with Gasteiger partial charge in [-0.15, -0.1) is 0 Å². The summed E-state index contributed by atoms with van der Waals surface area (Å²) in [5.41, 5.74) is 6.33. The molecule has 1 amide bonds. The van der Waals surface area contributed by atoms with Gasteiger partial charge in [-0.05, 0) is 32.8 Å². The molecule has 0 aromatic heterocycles. The molecule has 0 atom stereocenters. The van der Waals surface area contributed by atoms with Gasteiger partial charge in [0.05, 0.1) is 11.5 Å². The van der Waals surface area contributed by atoms with Crippen molar-refractivity contribution in [3.05, 3.63) is 29.8 Å². The van der Waals surface area contributed by atoms with E-state index in [1.165, 1.54) is 0 Å². The van der Waals surface area contributed by atoms with Gasteiger partial charge < -0.3 is 15.8 Å². The van der Waals surface area contributed by atoms with E-state index in [0.29, 0.717) is 13.1 Å². The summed E-state index contributed by atoms with van der Waals surface area (Å²) in [4.78, 5) is 12.4. The largest absolute Gasteiger partial charge is 0.491 e. The summed E-state index contributed by atoms with van der Waals surface area (Å²) < 4.78 is 5.77. The number of carbonyl (C=O) groups excluding carboxylic acids is 1. The Hall–Kier alpha value is -1.55. The van der Waals surface area contributed by atoms with E-state index in [0.717, 1.165) is 24.2 Å². The maximum Gasteiger partial charge on any atom is 0.227 e. The van der Waals surface area contributed by atoms with Crippen LogP contribution in [-0.4, -0.2) is 18.6 Å². The molecule has 0 saturated heterocycles. The molecule has 0 aliphatic carbocycles. The van der Waals surface area contributed by atoms with E-state index in [-0.39, 0.29) is 12.0 Å². The Morgan fingerprint density at radius 3 is 2.43 bits per heavy atom. The average molecular weight is 292 g/mol. The Kier molecular flexibility index (Phi) is 6.69. The van der Waals surface area contributed by atoms with Crippen LogP contribution in [0, 0.1) is 5.41 Å². The van der Waals surface area contributed by atoms with E-state index in [4.69, 9.17) is 10.5 Å². The summed E-state index contributed by atoms with van der Waals surface area (Å²) in [6.45, 7) is 8.82. The van der Waals surface area contributed by atoms with Gasteiger partial charge in [0, 0.05) is 18.7 Å². The van der Waals surface area contributed by atoms with Gasteiger partial charge in [0.1, 0.15) is 5.75 Å². The second kappa shape index (κ2) is 8.03. The zero-order valence-electron chi connectivity index (χ0n) is 13.6. The summed E-state index contributed by atoms with van der Waals surface area (Å²) in [6, 6.07) is 7.78. The molecular formula is C17H28N2O2. The predicted molar refractivity (Wildman–Crippen MR) is 86.1 cm³/mol. The number of para-hydroxylation sites is 1. The number of benzene rings is 1. The van der Waals surface area contributed by atoms with Gasteiger partial charge in [-0.3, -0.25) is 4.79 Å². The summed E-state index contributed by atoms with van der Waals surface area (Å²) in [5, 5.41) is 3.01. The molecule has 0 spiro atoms. The highest BCUT2D eigenvalue weighted by molar-refractivity contribution is 5.82. The molecule has 0 aliphatic heterocycles. The molecular weight excluding hydrogens is 264 g/mol. The van der Waals surface area contributed by atoms with Crippen LogP contribution in [-0.2, 0) is 11.3 Å². The molecule has 118 valence electrons. The summed E-state index contributed by atoms with van der Waals surface area (Å²) >= 11 is 0. The molecule has 1 aromatic carbocycles. The quantitative estimate of drug-likeness (QED) is 0.774. The number of nitrogens with one attached hydrogen (secondary N) is 1. The molecule has 0 bridgehead atoms. The highest BCUT2D eigenvalue weighted by Gasteiger charge is 2.33. The number of nitrogens with two attached hydrogens (primary N) is 1. The van der Waals surface area contributed by atoms with Gasteiger partial charge in [-0.2, -0.15) is 0 Å². The second-order valence-electron chi connectivity index (χ2n) is 5.65. The zero-order chi connectivity index (χ0) is 15.9. The van der Waals surface area contributed by atoms with Crippen LogP contribution in [0.1, 0.15) is 46.1 Å². The normalized spacial score (nSPS) is 11.5. The van der Waals surface area contributed by atoms with Crippen LogP contribution in [0.3, 0.4) is 0 Å². The second-order valence-corrected chi connectivity index (χ2v) is 5.65.